The second-order valence-electron chi connectivity index (χ2n) is 2.73. The van der Waals surface area contributed by atoms with Gasteiger partial charge >= 0.3 is 7.82 Å². The molecule has 1 atom stereocenters. The van der Waals surface area contributed by atoms with Crippen molar-refractivity contribution in [3.8, 4) is 15.6 Å². The zero-order valence-corrected chi connectivity index (χ0v) is 11.4. The van der Waals surface area contributed by atoms with E-state index in [1.54, 1.807) is 30.3 Å². The minimum Gasteiger partial charge on any atom is -0.404 e. The normalized spacial score (nSPS) is 13.4. The molecule has 0 bridgehead atoms. The lowest BCUT2D eigenvalue weighted by atomic mass is 10.3. The molecule has 4 nitrogen and oxygen atoms in total. The fourth-order valence-electron chi connectivity index (χ4n) is 0.900. The standard InChI is InChI=1S/C10H10IO4P/c11-8-4-5-9-14-16(12,13)15-10-6-2-1-3-7-10/h1-3,6-7H,5,9H2,(H,12,13). The van der Waals surface area contributed by atoms with E-state index in [1.807, 2.05) is 22.6 Å². The second kappa shape index (κ2) is 6.92. The summed E-state index contributed by atoms with van der Waals surface area (Å²) >= 11 is 1.89. The molecule has 16 heavy (non-hydrogen) atoms. The first-order chi connectivity index (χ1) is 7.64. The van der Waals surface area contributed by atoms with Gasteiger partial charge in [-0.3, -0.25) is 9.42 Å². The van der Waals surface area contributed by atoms with Crippen LogP contribution in [-0.4, -0.2) is 11.5 Å². The molecular formula is C10H10IO4P. The van der Waals surface area contributed by atoms with E-state index < -0.39 is 7.82 Å². The molecule has 0 radical (unpaired) electrons. The Morgan fingerprint density at radius 2 is 2.06 bits per heavy atom. The van der Waals surface area contributed by atoms with Gasteiger partial charge in [-0.25, -0.2) is 4.57 Å². The fraction of sp³-hybridized carbons (Fsp3) is 0.200. The van der Waals surface area contributed by atoms with Gasteiger partial charge in [-0.2, -0.15) is 0 Å². The van der Waals surface area contributed by atoms with Crippen molar-refractivity contribution in [3.05, 3.63) is 30.3 Å². The number of hydrogen-bond donors (Lipinski definition) is 1. The molecule has 1 N–H and O–H groups in total. The van der Waals surface area contributed by atoms with Crippen LogP contribution < -0.4 is 4.52 Å². The maximum absolute atomic E-state index is 11.4. The van der Waals surface area contributed by atoms with Crippen molar-refractivity contribution >= 4 is 30.4 Å². The van der Waals surface area contributed by atoms with Crippen LogP contribution in [0.25, 0.3) is 0 Å². The first-order valence-corrected chi connectivity index (χ1v) is 7.02. The molecule has 0 saturated heterocycles. The Labute approximate surface area is 108 Å². The predicted octanol–water partition coefficient (Wildman–Crippen LogP) is 2.97. The molecule has 0 amide bonds. The van der Waals surface area contributed by atoms with Crippen molar-refractivity contribution in [1.82, 2.24) is 0 Å². The third kappa shape index (κ3) is 5.52. The maximum atomic E-state index is 11.4. The van der Waals surface area contributed by atoms with Gasteiger partial charge in [-0.05, 0) is 16.1 Å². The summed E-state index contributed by atoms with van der Waals surface area (Å²) in [6.45, 7) is 0.0661. The third-order valence-corrected chi connectivity index (χ3v) is 2.84. The lowest BCUT2D eigenvalue weighted by molar-refractivity contribution is 0.207. The lowest BCUT2D eigenvalue weighted by Crippen LogP contribution is -1.98. The van der Waals surface area contributed by atoms with E-state index in [0.29, 0.717) is 12.2 Å². The van der Waals surface area contributed by atoms with Crippen LogP contribution in [-0.2, 0) is 9.09 Å². The van der Waals surface area contributed by atoms with E-state index in [-0.39, 0.29) is 6.61 Å². The summed E-state index contributed by atoms with van der Waals surface area (Å²) in [7, 11) is -4.02. The van der Waals surface area contributed by atoms with Crippen LogP contribution in [0.5, 0.6) is 5.75 Å². The number of halogens is 1. The van der Waals surface area contributed by atoms with E-state index in [1.165, 1.54) is 0 Å². The molecule has 0 saturated carbocycles. The molecule has 1 unspecified atom stereocenters. The quantitative estimate of drug-likeness (QED) is 0.383. The van der Waals surface area contributed by atoms with Crippen LogP contribution in [0, 0.1) is 9.85 Å². The molecule has 0 aliphatic carbocycles. The summed E-state index contributed by atoms with van der Waals surface area (Å²) in [6, 6.07) is 8.35. The molecule has 1 aromatic carbocycles. The van der Waals surface area contributed by atoms with E-state index in [4.69, 9.17) is 9.05 Å². The highest BCUT2D eigenvalue weighted by Gasteiger charge is 2.22. The molecular weight excluding hydrogens is 342 g/mol. The first kappa shape index (κ1) is 13.5. The van der Waals surface area contributed by atoms with Crippen LogP contribution >= 0.6 is 30.4 Å². The van der Waals surface area contributed by atoms with Crippen LogP contribution in [0.15, 0.2) is 30.3 Å². The Bertz CT molecular complexity index is 423. The summed E-state index contributed by atoms with van der Waals surface area (Å²) in [5, 5.41) is 0. The van der Waals surface area contributed by atoms with E-state index >= 15 is 0 Å². The van der Waals surface area contributed by atoms with Crippen molar-refractivity contribution in [2.75, 3.05) is 6.61 Å². The maximum Gasteiger partial charge on any atom is 0.527 e. The number of phosphoric acid groups is 1. The Hall–Kier alpha value is -0.540. The van der Waals surface area contributed by atoms with Crippen molar-refractivity contribution in [2.24, 2.45) is 0 Å². The van der Waals surface area contributed by atoms with E-state index in [9.17, 15) is 9.46 Å². The smallest absolute Gasteiger partial charge is 0.404 e. The minimum atomic E-state index is -4.02. The highest BCUT2D eigenvalue weighted by atomic mass is 127. The van der Waals surface area contributed by atoms with E-state index in [2.05, 4.69) is 9.85 Å². The summed E-state index contributed by atoms with van der Waals surface area (Å²) < 4.78 is 23.6. The average Bonchev–Trinajstić information content (AvgIpc) is 2.25. The largest absolute Gasteiger partial charge is 0.527 e. The highest BCUT2D eigenvalue weighted by Crippen LogP contribution is 2.43. The van der Waals surface area contributed by atoms with Crippen LogP contribution in [0.4, 0.5) is 0 Å². The fourth-order valence-corrected chi connectivity index (χ4v) is 1.93. The first-order valence-electron chi connectivity index (χ1n) is 4.44. The number of para-hydroxylation sites is 1. The van der Waals surface area contributed by atoms with Gasteiger partial charge in [0.05, 0.1) is 6.61 Å². The Morgan fingerprint density at radius 3 is 2.69 bits per heavy atom. The number of phosphoric ester groups is 1. The molecule has 0 fully saturated rings. The topological polar surface area (TPSA) is 55.8 Å². The van der Waals surface area contributed by atoms with Gasteiger partial charge < -0.3 is 4.52 Å². The zero-order valence-electron chi connectivity index (χ0n) is 8.30. The third-order valence-electron chi connectivity index (χ3n) is 1.51. The van der Waals surface area contributed by atoms with Crippen molar-refractivity contribution < 1.29 is 18.5 Å². The Kier molecular flexibility index (Phi) is 5.85. The van der Waals surface area contributed by atoms with Gasteiger partial charge in [-0.1, -0.05) is 24.1 Å². The van der Waals surface area contributed by atoms with Gasteiger partial charge in [0.2, 0.25) is 0 Å². The average molecular weight is 352 g/mol. The molecule has 1 aromatic rings. The summed E-state index contributed by atoms with van der Waals surface area (Å²) in [6.07, 6.45) is 0.394. The number of hydrogen-bond acceptors (Lipinski definition) is 3. The van der Waals surface area contributed by atoms with Crippen molar-refractivity contribution in [1.29, 1.82) is 0 Å². The number of benzene rings is 1. The van der Waals surface area contributed by atoms with E-state index in [0.717, 1.165) is 0 Å². The van der Waals surface area contributed by atoms with Crippen molar-refractivity contribution in [2.45, 2.75) is 6.42 Å². The van der Waals surface area contributed by atoms with Gasteiger partial charge in [0.15, 0.2) is 0 Å². The van der Waals surface area contributed by atoms with Gasteiger partial charge in [0, 0.05) is 29.0 Å². The molecule has 0 aliphatic heterocycles. The lowest BCUT2D eigenvalue weighted by Gasteiger charge is -2.11. The molecule has 0 spiro atoms. The summed E-state index contributed by atoms with van der Waals surface area (Å²) in [4.78, 5) is 9.33. The second-order valence-corrected chi connectivity index (χ2v) is 4.64. The Morgan fingerprint density at radius 1 is 1.38 bits per heavy atom. The minimum absolute atomic E-state index is 0.0661. The molecule has 1 rings (SSSR count). The molecule has 6 heteroatoms. The molecule has 0 heterocycles. The molecule has 86 valence electrons. The van der Waals surface area contributed by atoms with Gasteiger partial charge in [0.1, 0.15) is 5.75 Å². The van der Waals surface area contributed by atoms with Gasteiger partial charge in [0.25, 0.3) is 0 Å². The SMILES string of the molecule is O=P(O)(OCCC#CI)Oc1ccccc1. The molecule has 0 aromatic heterocycles. The summed E-state index contributed by atoms with van der Waals surface area (Å²) in [5.41, 5.74) is 0. The highest BCUT2D eigenvalue weighted by molar-refractivity contribution is 14.1. The predicted molar refractivity (Wildman–Crippen MR) is 69.3 cm³/mol. The Balaban J connectivity index is 2.45. The van der Waals surface area contributed by atoms with Crippen LogP contribution in [0.1, 0.15) is 6.42 Å². The summed E-state index contributed by atoms with van der Waals surface area (Å²) in [5.74, 6) is 3.01. The zero-order chi connectivity index (χ0) is 11.9. The number of rotatable bonds is 5. The van der Waals surface area contributed by atoms with Gasteiger partial charge in [-0.15, -0.1) is 0 Å². The molecule has 0 aliphatic rings. The van der Waals surface area contributed by atoms with Crippen LogP contribution in [0.2, 0.25) is 0 Å². The monoisotopic (exact) mass is 352 g/mol. The van der Waals surface area contributed by atoms with Crippen molar-refractivity contribution in [3.63, 3.8) is 0 Å². The van der Waals surface area contributed by atoms with Crippen LogP contribution in [0.3, 0.4) is 0 Å².